The average Bonchev–Trinajstić information content (AvgIpc) is 3.01. The molecule has 0 saturated carbocycles. The van der Waals surface area contributed by atoms with Gasteiger partial charge in [-0.25, -0.2) is 0 Å². The molecule has 2 rings (SSSR count). The molecule has 1 N–H and O–H groups in total. The van der Waals surface area contributed by atoms with Crippen molar-refractivity contribution in [2.24, 2.45) is 0 Å². The first-order valence-corrected chi connectivity index (χ1v) is 8.72. The third kappa shape index (κ3) is 5.62. The van der Waals surface area contributed by atoms with E-state index in [1.165, 1.54) is 17.5 Å². The van der Waals surface area contributed by atoms with Crippen LogP contribution in [0.15, 0.2) is 47.2 Å². The molecule has 0 aliphatic rings. The molecule has 3 heteroatoms. The standard InChI is InChI=1S/C18H26N2S/c1-3-11-19-18(17-7-5-4-6-8-17)9-12-20(2)14-16-10-13-21-15-16/h4-8,10,13,15,18-19H,3,9,11-12,14H2,1-2H3. The van der Waals surface area contributed by atoms with Crippen molar-refractivity contribution in [2.45, 2.75) is 32.4 Å². The van der Waals surface area contributed by atoms with Gasteiger partial charge in [0, 0.05) is 12.6 Å². The van der Waals surface area contributed by atoms with E-state index in [0.29, 0.717) is 6.04 Å². The van der Waals surface area contributed by atoms with Gasteiger partial charge in [0.05, 0.1) is 0 Å². The number of nitrogens with zero attached hydrogens (tertiary/aromatic N) is 1. The second-order valence-corrected chi connectivity index (χ2v) is 6.36. The van der Waals surface area contributed by atoms with Gasteiger partial charge in [0.2, 0.25) is 0 Å². The van der Waals surface area contributed by atoms with Crippen molar-refractivity contribution >= 4 is 11.3 Å². The number of hydrogen-bond donors (Lipinski definition) is 1. The molecular weight excluding hydrogens is 276 g/mol. The van der Waals surface area contributed by atoms with Crippen LogP contribution in [0.25, 0.3) is 0 Å². The van der Waals surface area contributed by atoms with Gasteiger partial charge in [-0.3, -0.25) is 0 Å². The van der Waals surface area contributed by atoms with Crippen molar-refractivity contribution < 1.29 is 0 Å². The van der Waals surface area contributed by atoms with Gasteiger partial charge in [0.1, 0.15) is 0 Å². The molecule has 0 spiro atoms. The van der Waals surface area contributed by atoms with Gasteiger partial charge in [-0.05, 0) is 60.9 Å². The van der Waals surface area contributed by atoms with Gasteiger partial charge in [0.25, 0.3) is 0 Å². The number of thiophene rings is 1. The van der Waals surface area contributed by atoms with E-state index in [4.69, 9.17) is 0 Å². The van der Waals surface area contributed by atoms with Crippen LogP contribution >= 0.6 is 11.3 Å². The summed E-state index contributed by atoms with van der Waals surface area (Å²) in [6.07, 6.45) is 2.32. The van der Waals surface area contributed by atoms with Crippen molar-refractivity contribution in [3.05, 3.63) is 58.3 Å². The molecule has 21 heavy (non-hydrogen) atoms. The third-order valence-corrected chi connectivity index (χ3v) is 4.41. The zero-order valence-electron chi connectivity index (χ0n) is 13.1. The number of rotatable bonds is 9. The molecule has 114 valence electrons. The van der Waals surface area contributed by atoms with E-state index in [-0.39, 0.29) is 0 Å². The summed E-state index contributed by atoms with van der Waals surface area (Å²) >= 11 is 1.77. The summed E-state index contributed by atoms with van der Waals surface area (Å²) in [5, 5.41) is 8.06. The van der Waals surface area contributed by atoms with Crippen molar-refractivity contribution in [2.75, 3.05) is 20.1 Å². The first-order chi connectivity index (χ1) is 10.3. The van der Waals surface area contributed by atoms with Gasteiger partial charge in [-0.1, -0.05) is 37.3 Å². The molecule has 0 aliphatic carbocycles. The number of benzene rings is 1. The molecule has 0 amide bonds. The lowest BCUT2D eigenvalue weighted by atomic mass is 10.0. The summed E-state index contributed by atoms with van der Waals surface area (Å²) in [4.78, 5) is 2.41. The largest absolute Gasteiger partial charge is 0.310 e. The second-order valence-electron chi connectivity index (χ2n) is 5.58. The molecule has 1 aromatic heterocycles. The summed E-state index contributed by atoms with van der Waals surface area (Å²) in [5.41, 5.74) is 2.81. The quantitative estimate of drug-likeness (QED) is 0.742. The molecule has 1 unspecified atom stereocenters. The Hall–Kier alpha value is -1.16. The zero-order valence-corrected chi connectivity index (χ0v) is 13.9. The Bertz CT molecular complexity index is 481. The average molecular weight is 302 g/mol. The van der Waals surface area contributed by atoms with Gasteiger partial charge in [0.15, 0.2) is 0 Å². The van der Waals surface area contributed by atoms with Crippen LogP contribution in [-0.2, 0) is 6.54 Å². The van der Waals surface area contributed by atoms with Crippen LogP contribution in [0.2, 0.25) is 0 Å². The molecular formula is C18H26N2S. The Labute approximate surface area is 132 Å². The SMILES string of the molecule is CCCNC(CCN(C)Cc1ccsc1)c1ccccc1. The lowest BCUT2D eigenvalue weighted by molar-refractivity contribution is 0.301. The van der Waals surface area contributed by atoms with Crippen molar-refractivity contribution in [3.8, 4) is 0 Å². The first-order valence-electron chi connectivity index (χ1n) is 7.77. The maximum Gasteiger partial charge on any atom is 0.0332 e. The molecule has 2 aromatic rings. The van der Waals surface area contributed by atoms with Crippen LogP contribution in [0.4, 0.5) is 0 Å². The van der Waals surface area contributed by atoms with E-state index in [9.17, 15) is 0 Å². The summed E-state index contributed by atoms with van der Waals surface area (Å²) < 4.78 is 0. The fourth-order valence-corrected chi connectivity index (χ4v) is 3.17. The molecule has 0 aliphatic heterocycles. The van der Waals surface area contributed by atoms with E-state index in [1.54, 1.807) is 11.3 Å². The van der Waals surface area contributed by atoms with Gasteiger partial charge >= 0.3 is 0 Å². The molecule has 1 aromatic carbocycles. The minimum absolute atomic E-state index is 0.455. The maximum absolute atomic E-state index is 3.68. The van der Waals surface area contributed by atoms with Crippen molar-refractivity contribution in [3.63, 3.8) is 0 Å². The van der Waals surface area contributed by atoms with Gasteiger partial charge in [-0.15, -0.1) is 0 Å². The minimum Gasteiger partial charge on any atom is -0.310 e. The van der Waals surface area contributed by atoms with Gasteiger partial charge in [-0.2, -0.15) is 11.3 Å². The van der Waals surface area contributed by atoms with E-state index in [2.05, 4.69) is 71.3 Å². The second kappa shape index (κ2) is 8.98. The maximum atomic E-state index is 3.68. The molecule has 0 radical (unpaired) electrons. The number of hydrogen-bond acceptors (Lipinski definition) is 3. The molecule has 0 fully saturated rings. The highest BCUT2D eigenvalue weighted by atomic mass is 32.1. The lowest BCUT2D eigenvalue weighted by Gasteiger charge is -2.23. The van der Waals surface area contributed by atoms with Crippen LogP contribution in [0.3, 0.4) is 0 Å². The topological polar surface area (TPSA) is 15.3 Å². The van der Waals surface area contributed by atoms with Crippen LogP contribution in [0, 0.1) is 0 Å². The van der Waals surface area contributed by atoms with E-state index in [0.717, 1.165) is 26.1 Å². The van der Waals surface area contributed by atoms with Crippen LogP contribution in [-0.4, -0.2) is 25.0 Å². The van der Waals surface area contributed by atoms with Crippen LogP contribution in [0.5, 0.6) is 0 Å². The van der Waals surface area contributed by atoms with Gasteiger partial charge < -0.3 is 10.2 Å². The first kappa shape index (κ1) is 16.2. The molecule has 0 bridgehead atoms. The summed E-state index contributed by atoms with van der Waals surface area (Å²) in [5.74, 6) is 0. The summed E-state index contributed by atoms with van der Waals surface area (Å²) in [6, 6.07) is 13.5. The van der Waals surface area contributed by atoms with Crippen LogP contribution in [0.1, 0.15) is 36.9 Å². The Kier molecular flexibility index (Phi) is 6.93. The third-order valence-electron chi connectivity index (χ3n) is 3.67. The normalized spacial score (nSPS) is 12.7. The highest BCUT2D eigenvalue weighted by Gasteiger charge is 2.11. The summed E-state index contributed by atoms with van der Waals surface area (Å²) in [7, 11) is 2.21. The Morgan fingerprint density at radius 1 is 1.19 bits per heavy atom. The number of nitrogens with one attached hydrogen (secondary N) is 1. The van der Waals surface area contributed by atoms with E-state index in [1.807, 2.05) is 0 Å². The molecule has 1 atom stereocenters. The lowest BCUT2D eigenvalue weighted by Crippen LogP contribution is -2.27. The highest BCUT2D eigenvalue weighted by molar-refractivity contribution is 7.07. The minimum atomic E-state index is 0.455. The predicted octanol–water partition coefficient (Wildman–Crippen LogP) is 4.31. The molecule has 2 nitrogen and oxygen atoms in total. The predicted molar refractivity (Wildman–Crippen MR) is 92.7 cm³/mol. The zero-order chi connectivity index (χ0) is 14.9. The Morgan fingerprint density at radius 2 is 2.00 bits per heavy atom. The van der Waals surface area contributed by atoms with E-state index >= 15 is 0 Å². The molecule has 1 heterocycles. The van der Waals surface area contributed by atoms with Crippen LogP contribution < -0.4 is 5.32 Å². The smallest absolute Gasteiger partial charge is 0.0332 e. The molecule has 0 saturated heterocycles. The van der Waals surface area contributed by atoms with Crippen molar-refractivity contribution in [1.82, 2.24) is 10.2 Å². The highest BCUT2D eigenvalue weighted by Crippen LogP contribution is 2.17. The summed E-state index contributed by atoms with van der Waals surface area (Å²) in [6.45, 7) is 5.44. The van der Waals surface area contributed by atoms with Crippen molar-refractivity contribution in [1.29, 1.82) is 0 Å². The Morgan fingerprint density at radius 3 is 2.67 bits per heavy atom. The monoisotopic (exact) mass is 302 g/mol. The van der Waals surface area contributed by atoms with E-state index < -0.39 is 0 Å². The fourth-order valence-electron chi connectivity index (χ4n) is 2.51. The Balaban J connectivity index is 1.86. The fraction of sp³-hybridized carbons (Fsp3) is 0.444.